The van der Waals surface area contributed by atoms with E-state index >= 15 is 0 Å². The fourth-order valence-corrected chi connectivity index (χ4v) is 6.08. The molecule has 4 aromatic rings. The Hall–Kier alpha value is -4.09. The molecular weight excluding hydrogens is 569 g/mol. The quantitative estimate of drug-likeness (QED) is 0.219. The van der Waals surface area contributed by atoms with Crippen molar-refractivity contribution >= 4 is 34.0 Å². The van der Waals surface area contributed by atoms with Crippen LogP contribution in [-0.2, 0) is 4.74 Å². The van der Waals surface area contributed by atoms with Gasteiger partial charge < -0.3 is 25.2 Å². The number of rotatable bonds is 9. The van der Waals surface area contributed by atoms with Crippen molar-refractivity contribution in [2.45, 2.75) is 31.7 Å². The Bertz CT molecular complexity index is 1610. The summed E-state index contributed by atoms with van der Waals surface area (Å²) in [5, 5.41) is 14.3. The minimum absolute atomic E-state index is 0.0686. The smallest absolute Gasteiger partial charge is 0.258 e. The van der Waals surface area contributed by atoms with Crippen LogP contribution in [0.25, 0.3) is 10.9 Å². The molecule has 3 N–H and O–H groups in total. The van der Waals surface area contributed by atoms with Crippen LogP contribution in [0, 0.1) is 11.6 Å². The van der Waals surface area contributed by atoms with Gasteiger partial charge in [0.25, 0.3) is 5.91 Å². The van der Waals surface area contributed by atoms with Crippen molar-refractivity contribution in [2.75, 3.05) is 68.1 Å². The van der Waals surface area contributed by atoms with Crippen molar-refractivity contribution in [1.82, 2.24) is 15.1 Å². The van der Waals surface area contributed by atoms with Crippen LogP contribution in [0.5, 0.6) is 0 Å². The number of ether oxygens (including phenoxy) is 1. The third-order valence-corrected chi connectivity index (χ3v) is 8.72. The number of carbonyl (C=O) groups excluding carboxylic acids is 1. The van der Waals surface area contributed by atoms with Crippen molar-refractivity contribution in [2.24, 2.45) is 0 Å². The lowest BCUT2D eigenvalue weighted by Gasteiger charge is -2.36. The summed E-state index contributed by atoms with van der Waals surface area (Å²) < 4.78 is 48.2. The molecule has 0 radical (unpaired) electrons. The summed E-state index contributed by atoms with van der Waals surface area (Å²) in [4.78, 5) is 18.5. The predicted molar refractivity (Wildman–Crippen MR) is 166 cm³/mol. The molecule has 0 bridgehead atoms. The largest absolute Gasteiger partial charge is 0.381 e. The Morgan fingerprint density at radius 3 is 2.59 bits per heavy atom. The van der Waals surface area contributed by atoms with Gasteiger partial charge in [-0.1, -0.05) is 13.0 Å². The van der Waals surface area contributed by atoms with Crippen molar-refractivity contribution < 1.29 is 22.7 Å². The Kier molecular flexibility index (Phi) is 9.04. The van der Waals surface area contributed by atoms with E-state index < -0.39 is 24.2 Å². The van der Waals surface area contributed by atoms with Gasteiger partial charge in [-0.25, -0.2) is 8.78 Å². The molecule has 0 spiro atoms. The third-order valence-electron chi connectivity index (χ3n) is 8.72. The molecular formula is C33H37F3N6O2. The molecule has 6 rings (SSSR count). The second-order valence-corrected chi connectivity index (χ2v) is 11.4. The fourth-order valence-electron chi connectivity index (χ4n) is 6.08. The van der Waals surface area contributed by atoms with Gasteiger partial charge in [-0.15, -0.1) is 0 Å². The molecule has 1 aromatic heterocycles. The summed E-state index contributed by atoms with van der Waals surface area (Å²) in [6.45, 7) is 7.42. The number of halogens is 3. The van der Waals surface area contributed by atoms with Crippen molar-refractivity contribution in [1.29, 1.82) is 0 Å². The number of hydrogen-bond donors (Lipinski definition) is 3. The van der Waals surface area contributed by atoms with E-state index in [-0.39, 0.29) is 23.3 Å². The standard InChI is InChI=1S/C33H37F3N6O2/c1-2-41-11-13-42(14-12-41)24-5-6-25(31(19-24)37-23-9-15-44-16-10-23)33(43)38-32-27-17-21(3-8-30(27)39-40-32)28(20-34)26-18-22(35)4-7-29(26)36/h3-8,17-19,23,28,37H,2,9-16,20H2,1H3,(H2,38,39,40,43). The van der Waals surface area contributed by atoms with Gasteiger partial charge in [0.2, 0.25) is 0 Å². The highest BCUT2D eigenvalue weighted by molar-refractivity contribution is 6.11. The van der Waals surface area contributed by atoms with Gasteiger partial charge in [0.05, 0.1) is 11.1 Å². The molecule has 2 aliphatic heterocycles. The molecule has 1 atom stereocenters. The molecule has 44 heavy (non-hydrogen) atoms. The first-order valence-corrected chi connectivity index (χ1v) is 15.2. The number of benzene rings is 3. The van der Waals surface area contributed by atoms with Crippen molar-refractivity contribution in [3.8, 4) is 0 Å². The lowest BCUT2D eigenvalue weighted by atomic mass is 9.91. The number of H-pyrrole nitrogens is 1. The highest BCUT2D eigenvalue weighted by atomic mass is 19.1. The SMILES string of the molecule is CCN1CCN(c2ccc(C(=O)Nc3n[nH]c4ccc(C(CF)c5cc(F)ccc5F)cc34)c(NC3CCOCC3)c2)CC1. The molecule has 1 amide bonds. The van der Waals surface area contributed by atoms with Crippen LogP contribution in [-0.4, -0.2) is 79.7 Å². The lowest BCUT2D eigenvalue weighted by Crippen LogP contribution is -2.46. The van der Waals surface area contributed by atoms with E-state index in [1.165, 1.54) is 0 Å². The number of aromatic amines is 1. The van der Waals surface area contributed by atoms with Crippen molar-refractivity contribution in [3.63, 3.8) is 0 Å². The average Bonchev–Trinajstić information content (AvgIpc) is 3.45. The number of anilines is 3. The summed E-state index contributed by atoms with van der Waals surface area (Å²) in [5.41, 5.74) is 3.26. The Morgan fingerprint density at radius 2 is 1.84 bits per heavy atom. The van der Waals surface area contributed by atoms with E-state index in [1.807, 2.05) is 18.2 Å². The van der Waals surface area contributed by atoms with Gasteiger partial charge in [0.1, 0.15) is 18.3 Å². The number of alkyl halides is 1. The van der Waals surface area contributed by atoms with E-state index in [9.17, 15) is 18.0 Å². The molecule has 3 heterocycles. The molecule has 8 nitrogen and oxygen atoms in total. The van der Waals surface area contributed by atoms with E-state index in [0.29, 0.717) is 35.2 Å². The van der Waals surface area contributed by atoms with Gasteiger partial charge in [0, 0.05) is 73.7 Å². The van der Waals surface area contributed by atoms with Gasteiger partial charge in [-0.2, -0.15) is 5.10 Å². The second kappa shape index (κ2) is 13.3. The van der Waals surface area contributed by atoms with Gasteiger partial charge in [-0.05, 0) is 73.5 Å². The van der Waals surface area contributed by atoms with Crippen molar-refractivity contribution in [3.05, 3.63) is 82.9 Å². The van der Waals surface area contributed by atoms with Gasteiger partial charge in [0.15, 0.2) is 5.82 Å². The summed E-state index contributed by atoms with van der Waals surface area (Å²) in [7, 11) is 0. The number of amides is 1. The van der Waals surface area contributed by atoms with Crippen LogP contribution < -0.4 is 15.5 Å². The average molecular weight is 607 g/mol. The molecule has 0 aliphatic carbocycles. The first-order valence-electron chi connectivity index (χ1n) is 15.2. The fraction of sp³-hybridized carbons (Fsp3) is 0.394. The molecule has 232 valence electrons. The molecule has 3 aromatic carbocycles. The third kappa shape index (κ3) is 6.39. The maximum Gasteiger partial charge on any atom is 0.258 e. The zero-order chi connectivity index (χ0) is 30.6. The van der Waals surface area contributed by atoms with Crippen LogP contribution in [0.3, 0.4) is 0 Å². The highest BCUT2D eigenvalue weighted by Crippen LogP contribution is 2.33. The summed E-state index contributed by atoms with van der Waals surface area (Å²) in [6, 6.07) is 14.1. The van der Waals surface area contributed by atoms with E-state index in [1.54, 1.807) is 18.2 Å². The maximum absolute atomic E-state index is 14.5. The zero-order valence-corrected chi connectivity index (χ0v) is 24.7. The van der Waals surface area contributed by atoms with E-state index in [2.05, 4.69) is 37.6 Å². The summed E-state index contributed by atoms with van der Waals surface area (Å²) in [5.74, 6) is -2.43. The number of aromatic nitrogens is 2. The Morgan fingerprint density at radius 1 is 1.05 bits per heavy atom. The minimum atomic E-state index is -1.02. The normalized spacial score (nSPS) is 17.1. The zero-order valence-electron chi connectivity index (χ0n) is 24.7. The molecule has 0 saturated carbocycles. The molecule has 2 fully saturated rings. The van der Waals surface area contributed by atoms with Crippen LogP contribution in [0.15, 0.2) is 54.6 Å². The number of fused-ring (bicyclic) bond motifs is 1. The monoisotopic (exact) mass is 606 g/mol. The Labute approximate surface area is 254 Å². The van der Waals surface area contributed by atoms with Crippen LogP contribution in [0.4, 0.5) is 30.4 Å². The predicted octanol–water partition coefficient (Wildman–Crippen LogP) is 5.93. The highest BCUT2D eigenvalue weighted by Gasteiger charge is 2.24. The summed E-state index contributed by atoms with van der Waals surface area (Å²) >= 11 is 0. The van der Waals surface area contributed by atoms with E-state index in [0.717, 1.165) is 75.1 Å². The number of piperazine rings is 1. The van der Waals surface area contributed by atoms with Crippen LogP contribution >= 0.6 is 0 Å². The number of nitrogens with one attached hydrogen (secondary N) is 3. The maximum atomic E-state index is 14.5. The lowest BCUT2D eigenvalue weighted by molar-refractivity contribution is 0.0904. The van der Waals surface area contributed by atoms with Gasteiger partial charge >= 0.3 is 0 Å². The number of carbonyl (C=O) groups is 1. The topological polar surface area (TPSA) is 85.5 Å². The summed E-state index contributed by atoms with van der Waals surface area (Å²) in [6.07, 6.45) is 1.68. The van der Waals surface area contributed by atoms with E-state index in [4.69, 9.17) is 4.74 Å². The Balaban J connectivity index is 1.28. The first-order chi connectivity index (χ1) is 21.4. The number of likely N-dealkylation sites (N-methyl/N-ethyl adjacent to an activating group) is 1. The molecule has 2 saturated heterocycles. The molecule has 11 heteroatoms. The van der Waals surface area contributed by atoms with Gasteiger partial charge in [-0.3, -0.25) is 14.3 Å². The molecule has 1 unspecified atom stereocenters. The second-order valence-electron chi connectivity index (χ2n) is 11.4. The van der Waals surface area contributed by atoms with Crippen LogP contribution in [0.1, 0.15) is 47.2 Å². The molecule has 2 aliphatic rings. The minimum Gasteiger partial charge on any atom is -0.381 e. The number of hydrogen-bond acceptors (Lipinski definition) is 6. The van der Waals surface area contributed by atoms with Crippen LogP contribution in [0.2, 0.25) is 0 Å². The number of nitrogens with zero attached hydrogens (tertiary/aromatic N) is 3. The first kappa shape index (κ1) is 30.0.